The number of aryl methyl sites for hydroxylation is 1. The van der Waals surface area contributed by atoms with Crippen LogP contribution in [0, 0.1) is 12.7 Å². The van der Waals surface area contributed by atoms with Gasteiger partial charge in [-0.05, 0) is 19.1 Å². The zero-order chi connectivity index (χ0) is 18.0. The monoisotopic (exact) mass is 343 g/mol. The number of benzene rings is 1. The Kier molecular flexibility index (Phi) is 4.34. The van der Waals surface area contributed by atoms with Crippen molar-refractivity contribution < 1.29 is 18.3 Å². The van der Waals surface area contributed by atoms with E-state index in [0.717, 1.165) is 17.9 Å². The van der Waals surface area contributed by atoms with Crippen LogP contribution < -0.4 is 15.5 Å². The molecule has 0 unspecified atom stereocenters. The molecule has 2 N–H and O–H groups in total. The van der Waals surface area contributed by atoms with Gasteiger partial charge in [0.05, 0.1) is 12.8 Å². The summed E-state index contributed by atoms with van der Waals surface area (Å²) >= 11 is 0. The Morgan fingerprint density at radius 2 is 2.12 bits per heavy atom. The van der Waals surface area contributed by atoms with Gasteiger partial charge in [-0.15, -0.1) is 0 Å². The van der Waals surface area contributed by atoms with E-state index in [2.05, 4.69) is 15.5 Å². The number of hydrogen-bond donors (Lipinski definition) is 2. The van der Waals surface area contributed by atoms with Gasteiger partial charge in [0, 0.05) is 17.7 Å². The summed E-state index contributed by atoms with van der Waals surface area (Å²) in [4.78, 5) is 23.8. The molecule has 1 aromatic carbocycles. The fourth-order valence-electron chi connectivity index (χ4n) is 2.21. The number of aromatic amines is 1. The standard InChI is InChI=1S/C17H14FN3O4/c1-9-3-4-11(18)10(5-9)12-6-16(21-20-12)19-17(23)14-7-13(22)15(24-2)8-25-14/h3-8H,1-2H3,(H2,19,20,21,23). The van der Waals surface area contributed by atoms with Crippen LogP contribution in [-0.2, 0) is 0 Å². The molecule has 0 bridgehead atoms. The first-order valence-electron chi connectivity index (χ1n) is 7.28. The first-order chi connectivity index (χ1) is 12.0. The number of halogens is 1. The maximum Gasteiger partial charge on any atom is 0.292 e. The Balaban J connectivity index is 1.81. The predicted molar refractivity (Wildman–Crippen MR) is 88.2 cm³/mol. The maximum atomic E-state index is 13.9. The van der Waals surface area contributed by atoms with Crippen molar-refractivity contribution in [3.8, 4) is 17.0 Å². The topological polar surface area (TPSA) is 97.2 Å². The molecule has 3 aromatic rings. The molecule has 0 radical (unpaired) electrons. The zero-order valence-electron chi connectivity index (χ0n) is 13.4. The van der Waals surface area contributed by atoms with Crippen LogP contribution in [0.3, 0.4) is 0 Å². The molecule has 25 heavy (non-hydrogen) atoms. The van der Waals surface area contributed by atoms with Gasteiger partial charge in [-0.3, -0.25) is 14.7 Å². The van der Waals surface area contributed by atoms with Crippen molar-refractivity contribution in [2.24, 2.45) is 0 Å². The summed E-state index contributed by atoms with van der Waals surface area (Å²) in [7, 11) is 1.32. The van der Waals surface area contributed by atoms with E-state index in [1.54, 1.807) is 12.1 Å². The molecule has 0 aliphatic heterocycles. The van der Waals surface area contributed by atoms with Crippen molar-refractivity contribution in [2.45, 2.75) is 6.92 Å². The van der Waals surface area contributed by atoms with E-state index in [4.69, 9.17) is 9.15 Å². The summed E-state index contributed by atoms with van der Waals surface area (Å²) in [6, 6.07) is 7.18. The normalized spacial score (nSPS) is 10.5. The van der Waals surface area contributed by atoms with E-state index in [1.807, 2.05) is 6.92 Å². The second-order valence-corrected chi connectivity index (χ2v) is 5.28. The third kappa shape index (κ3) is 3.42. The van der Waals surface area contributed by atoms with E-state index in [1.165, 1.54) is 19.2 Å². The van der Waals surface area contributed by atoms with Gasteiger partial charge in [0.25, 0.3) is 5.91 Å². The highest BCUT2D eigenvalue weighted by Crippen LogP contribution is 2.24. The van der Waals surface area contributed by atoms with Crippen LogP contribution in [0.25, 0.3) is 11.3 Å². The largest absolute Gasteiger partial charge is 0.490 e. The third-order valence-corrected chi connectivity index (χ3v) is 3.47. The minimum absolute atomic E-state index is 0.00599. The van der Waals surface area contributed by atoms with Crippen molar-refractivity contribution >= 4 is 11.7 Å². The number of anilines is 1. The first kappa shape index (κ1) is 16.4. The molecular weight excluding hydrogens is 329 g/mol. The lowest BCUT2D eigenvalue weighted by atomic mass is 10.1. The molecule has 0 aliphatic rings. The fourth-order valence-corrected chi connectivity index (χ4v) is 2.21. The van der Waals surface area contributed by atoms with Gasteiger partial charge in [0.1, 0.15) is 12.1 Å². The Labute approximate surface area is 141 Å². The minimum atomic E-state index is -0.664. The molecule has 128 valence electrons. The Hall–Kier alpha value is -3.42. The number of nitrogens with one attached hydrogen (secondary N) is 2. The second kappa shape index (κ2) is 6.60. The highest BCUT2D eigenvalue weighted by molar-refractivity contribution is 6.01. The number of methoxy groups -OCH3 is 1. The molecule has 0 fully saturated rings. The minimum Gasteiger partial charge on any atom is -0.490 e. The van der Waals surface area contributed by atoms with Crippen LogP contribution in [-0.4, -0.2) is 23.2 Å². The Morgan fingerprint density at radius 1 is 1.32 bits per heavy atom. The van der Waals surface area contributed by atoms with E-state index in [0.29, 0.717) is 11.3 Å². The number of nitrogens with zero attached hydrogens (tertiary/aromatic N) is 1. The lowest BCUT2D eigenvalue weighted by molar-refractivity contribution is 0.0993. The van der Waals surface area contributed by atoms with Gasteiger partial charge in [0.2, 0.25) is 11.2 Å². The quantitative estimate of drug-likeness (QED) is 0.759. The van der Waals surface area contributed by atoms with Gasteiger partial charge in [-0.1, -0.05) is 11.6 Å². The number of aromatic nitrogens is 2. The molecule has 0 saturated carbocycles. The Morgan fingerprint density at radius 3 is 2.84 bits per heavy atom. The number of hydrogen-bond acceptors (Lipinski definition) is 5. The number of carbonyl (C=O) groups is 1. The predicted octanol–water partition coefficient (Wildman–Crippen LogP) is 2.74. The van der Waals surface area contributed by atoms with Gasteiger partial charge in [0.15, 0.2) is 11.6 Å². The van der Waals surface area contributed by atoms with Gasteiger partial charge < -0.3 is 14.5 Å². The van der Waals surface area contributed by atoms with Crippen molar-refractivity contribution in [3.05, 3.63) is 64.0 Å². The van der Waals surface area contributed by atoms with Crippen molar-refractivity contribution in [1.82, 2.24) is 10.2 Å². The molecule has 8 heteroatoms. The Bertz CT molecular complexity index is 994. The van der Waals surface area contributed by atoms with Crippen LogP contribution in [0.2, 0.25) is 0 Å². The summed E-state index contributed by atoms with van der Waals surface area (Å²) < 4.78 is 23.7. The number of amides is 1. The van der Waals surface area contributed by atoms with Crippen LogP contribution in [0.5, 0.6) is 5.75 Å². The van der Waals surface area contributed by atoms with Crippen LogP contribution in [0.4, 0.5) is 10.2 Å². The molecule has 0 atom stereocenters. The fraction of sp³-hybridized carbons (Fsp3) is 0.118. The lowest BCUT2D eigenvalue weighted by Gasteiger charge is -2.02. The number of carbonyl (C=O) groups excluding carboxylic acids is 1. The third-order valence-electron chi connectivity index (χ3n) is 3.47. The number of H-pyrrole nitrogens is 1. The molecule has 2 aromatic heterocycles. The zero-order valence-corrected chi connectivity index (χ0v) is 13.4. The molecule has 0 spiro atoms. The van der Waals surface area contributed by atoms with E-state index in [9.17, 15) is 14.0 Å². The maximum absolute atomic E-state index is 13.9. The molecule has 7 nitrogen and oxygen atoms in total. The molecule has 3 rings (SSSR count). The van der Waals surface area contributed by atoms with Gasteiger partial charge in [-0.2, -0.15) is 5.10 Å². The average molecular weight is 343 g/mol. The summed E-state index contributed by atoms with van der Waals surface area (Å²) in [6.45, 7) is 1.84. The first-order valence-corrected chi connectivity index (χ1v) is 7.28. The smallest absolute Gasteiger partial charge is 0.292 e. The SMILES string of the molecule is COc1coc(C(=O)Nc2cc(-c3cc(C)ccc3F)[nH]n2)cc1=O. The molecule has 0 saturated heterocycles. The number of rotatable bonds is 4. The molecule has 1 amide bonds. The molecule has 0 aliphatic carbocycles. The molecule has 2 heterocycles. The summed E-state index contributed by atoms with van der Waals surface area (Å²) in [5.41, 5.74) is 1.15. The average Bonchev–Trinajstić information content (AvgIpc) is 3.05. The van der Waals surface area contributed by atoms with E-state index in [-0.39, 0.29) is 17.3 Å². The van der Waals surface area contributed by atoms with Crippen LogP contribution >= 0.6 is 0 Å². The lowest BCUT2D eigenvalue weighted by Crippen LogP contribution is -2.15. The highest BCUT2D eigenvalue weighted by atomic mass is 19.1. The second-order valence-electron chi connectivity index (χ2n) is 5.28. The number of ether oxygens (including phenoxy) is 1. The van der Waals surface area contributed by atoms with E-state index >= 15 is 0 Å². The highest BCUT2D eigenvalue weighted by Gasteiger charge is 2.15. The summed E-state index contributed by atoms with van der Waals surface area (Å²) in [5, 5.41) is 9.05. The van der Waals surface area contributed by atoms with Gasteiger partial charge in [-0.25, -0.2) is 4.39 Å². The van der Waals surface area contributed by atoms with Crippen LogP contribution in [0.15, 0.2) is 45.8 Å². The summed E-state index contributed by atoms with van der Waals surface area (Å²) in [6.07, 6.45) is 1.05. The van der Waals surface area contributed by atoms with Crippen LogP contribution in [0.1, 0.15) is 16.1 Å². The summed E-state index contributed by atoms with van der Waals surface area (Å²) in [5.74, 6) is -1.11. The van der Waals surface area contributed by atoms with Crippen molar-refractivity contribution in [3.63, 3.8) is 0 Å². The molecular formula is C17H14FN3O4. The van der Waals surface area contributed by atoms with Gasteiger partial charge >= 0.3 is 0 Å². The van der Waals surface area contributed by atoms with Crippen molar-refractivity contribution in [2.75, 3.05) is 12.4 Å². The van der Waals surface area contributed by atoms with E-state index < -0.39 is 17.2 Å². The van der Waals surface area contributed by atoms with Crippen molar-refractivity contribution in [1.29, 1.82) is 0 Å².